The molecule has 164 valence electrons. The topological polar surface area (TPSA) is 85.6 Å². The minimum atomic E-state index is 0.532. The molecule has 0 fully saturated rings. The number of aryl methyl sites for hydroxylation is 1. The molecule has 0 unspecified atom stereocenters. The molecule has 0 atom stereocenters. The summed E-state index contributed by atoms with van der Waals surface area (Å²) < 4.78 is 12.5. The van der Waals surface area contributed by atoms with E-state index in [1.54, 1.807) is 14.2 Å². The molecule has 0 radical (unpaired) electrons. The van der Waals surface area contributed by atoms with Crippen molar-refractivity contribution in [3.05, 3.63) is 71.3 Å². The summed E-state index contributed by atoms with van der Waals surface area (Å²) in [7, 11) is 5.29. The first-order valence-corrected chi connectivity index (χ1v) is 10.2. The van der Waals surface area contributed by atoms with Gasteiger partial charge in [0.25, 0.3) is 0 Å². The van der Waals surface area contributed by atoms with Gasteiger partial charge in [-0.3, -0.25) is 0 Å². The Bertz CT molecular complexity index is 998. The smallest absolute Gasteiger partial charge is 0.191 e. The molecule has 0 aliphatic rings. The highest BCUT2D eigenvalue weighted by Crippen LogP contribution is 2.13. The summed E-state index contributed by atoms with van der Waals surface area (Å²) in [5.74, 6) is 4.13. The van der Waals surface area contributed by atoms with Gasteiger partial charge >= 0.3 is 0 Å². The van der Waals surface area contributed by atoms with E-state index in [1.165, 1.54) is 5.56 Å². The molecule has 0 aliphatic carbocycles. The molecule has 1 heterocycles. The monoisotopic (exact) mass is 422 g/mol. The lowest BCUT2D eigenvalue weighted by Crippen LogP contribution is -2.38. The molecule has 3 rings (SSSR count). The van der Waals surface area contributed by atoms with Gasteiger partial charge in [0.05, 0.1) is 27.3 Å². The van der Waals surface area contributed by atoms with Crippen LogP contribution in [0.1, 0.15) is 22.8 Å². The molecule has 0 saturated carbocycles. The van der Waals surface area contributed by atoms with Crippen molar-refractivity contribution in [1.82, 2.24) is 25.4 Å². The van der Waals surface area contributed by atoms with Crippen molar-refractivity contribution in [2.45, 2.75) is 26.4 Å². The number of methoxy groups -OCH3 is 2. The van der Waals surface area contributed by atoms with Gasteiger partial charge in [0, 0.05) is 13.6 Å². The predicted molar refractivity (Wildman–Crippen MR) is 121 cm³/mol. The van der Waals surface area contributed by atoms with Crippen LogP contribution in [0.2, 0.25) is 0 Å². The van der Waals surface area contributed by atoms with Crippen LogP contribution in [-0.2, 0) is 26.6 Å². The van der Waals surface area contributed by atoms with Crippen LogP contribution in [0.25, 0.3) is 0 Å². The van der Waals surface area contributed by atoms with E-state index < -0.39 is 0 Å². The molecule has 3 aromatic rings. The van der Waals surface area contributed by atoms with Gasteiger partial charge in [-0.05, 0) is 48.7 Å². The minimum Gasteiger partial charge on any atom is -0.497 e. The van der Waals surface area contributed by atoms with Crippen molar-refractivity contribution in [3.8, 4) is 11.5 Å². The summed E-state index contributed by atoms with van der Waals surface area (Å²) in [6.45, 7) is 3.74. The second kappa shape index (κ2) is 11.0. The normalized spacial score (nSPS) is 11.3. The van der Waals surface area contributed by atoms with E-state index in [0.717, 1.165) is 47.6 Å². The molecular weight excluding hydrogens is 392 g/mol. The van der Waals surface area contributed by atoms with E-state index in [0.29, 0.717) is 13.1 Å². The van der Waals surface area contributed by atoms with Gasteiger partial charge in [0.2, 0.25) is 0 Å². The second-order valence-electron chi connectivity index (χ2n) is 7.12. The molecule has 0 bridgehead atoms. The van der Waals surface area contributed by atoms with Gasteiger partial charge in [-0.2, -0.15) is 0 Å². The largest absolute Gasteiger partial charge is 0.497 e. The van der Waals surface area contributed by atoms with E-state index in [4.69, 9.17) is 14.5 Å². The lowest BCUT2D eigenvalue weighted by Gasteiger charge is -2.13. The van der Waals surface area contributed by atoms with E-state index in [9.17, 15) is 0 Å². The maximum absolute atomic E-state index is 5.31. The number of nitrogens with zero attached hydrogens (tertiary/aromatic N) is 4. The van der Waals surface area contributed by atoms with Gasteiger partial charge in [-0.1, -0.05) is 24.3 Å². The van der Waals surface area contributed by atoms with Crippen molar-refractivity contribution < 1.29 is 9.47 Å². The van der Waals surface area contributed by atoms with Gasteiger partial charge in [0.15, 0.2) is 11.8 Å². The maximum Gasteiger partial charge on any atom is 0.191 e. The molecule has 1 aromatic heterocycles. The Morgan fingerprint density at radius 3 is 2.42 bits per heavy atom. The Balaban J connectivity index is 1.63. The Kier molecular flexibility index (Phi) is 7.86. The molecule has 8 nitrogen and oxygen atoms in total. The number of hydrogen-bond acceptors (Lipinski definition) is 5. The first-order chi connectivity index (χ1) is 15.1. The zero-order chi connectivity index (χ0) is 22.1. The first-order valence-electron chi connectivity index (χ1n) is 10.2. The molecule has 2 N–H and O–H groups in total. The molecule has 0 aliphatic heterocycles. The highest BCUT2D eigenvalue weighted by Gasteiger charge is 2.07. The first kappa shape index (κ1) is 22.1. The average molecular weight is 423 g/mol. The van der Waals surface area contributed by atoms with Gasteiger partial charge in [-0.25, -0.2) is 4.99 Å². The highest BCUT2D eigenvalue weighted by molar-refractivity contribution is 5.79. The summed E-state index contributed by atoms with van der Waals surface area (Å²) in [5, 5.41) is 15.1. The summed E-state index contributed by atoms with van der Waals surface area (Å²) >= 11 is 0. The van der Waals surface area contributed by atoms with E-state index >= 15 is 0 Å². The summed E-state index contributed by atoms with van der Waals surface area (Å²) in [4.78, 5) is 4.74. The van der Waals surface area contributed by atoms with Gasteiger partial charge in [0.1, 0.15) is 17.3 Å². The third-order valence-electron chi connectivity index (χ3n) is 5.02. The molecule has 0 saturated heterocycles. The molecule has 2 aromatic carbocycles. The zero-order valence-electron chi connectivity index (χ0n) is 18.6. The Labute approximate surface area is 183 Å². The number of aromatic nitrogens is 3. The van der Waals surface area contributed by atoms with Crippen molar-refractivity contribution in [2.75, 3.05) is 20.8 Å². The van der Waals surface area contributed by atoms with Crippen LogP contribution >= 0.6 is 0 Å². The van der Waals surface area contributed by atoms with Crippen LogP contribution in [0, 0.1) is 6.92 Å². The van der Waals surface area contributed by atoms with Crippen LogP contribution in [0.4, 0.5) is 0 Å². The van der Waals surface area contributed by atoms with Gasteiger partial charge < -0.3 is 24.7 Å². The third-order valence-corrected chi connectivity index (χ3v) is 5.02. The summed E-state index contributed by atoms with van der Waals surface area (Å²) in [6.07, 6.45) is 0.868. The van der Waals surface area contributed by atoms with Crippen molar-refractivity contribution in [1.29, 1.82) is 0 Å². The fourth-order valence-corrected chi connectivity index (χ4v) is 3.00. The van der Waals surface area contributed by atoms with Crippen molar-refractivity contribution >= 4 is 5.96 Å². The van der Waals surface area contributed by atoms with E-state index in [2.05, 4.69) is 33.0 Å². The predicted octanol–water partition coefficient (Wildman–Crippen LogP) is 2.62. The Morgan fingerprint density at radius 2 is 1.74 bits per heavy atom. The molecule has 8 heteroatoms. The second-order valence-corrected chi connectivity index (χ2v) is 7.12. The molecule has 0 amide bonds. The number of guanidine groups is 1. The number of rotatable bonds is 9. The lowest BCUT2D eigenvalue weighted by molar-refractivity contribution is 0.414. The quantitative estimate of drug-likeness (QED) is 0.407. The maximum atomic E-state index is 5.31. The van der Waals surface area contributed by atoms with Crippen molar-refractivity contribution in [3.63, 3.8) is 0 Å². The molecular formula is C23H30N6O2. The van der Waals surface area contributed by atoms with E-state index in [1.807, 2.05) is 54.9 Å². The fraction of sp³-hybridized carbons (Fsp3) is 0.348. The summed E-state index contributed by atoms with van der Waals surface area (Å²) in [6, 6.07) is 16.0. The van der Waals surface area contributed by atoms with E-state index in [-0.39, 0.29) is 0 Å². The standard InChI is InChI=1S/C23H30N6O2/c1-17-27-28-22(29(17)2)16-26-23(25-15-19-6-5-7-21(14-19)31-4)24-13-12-18-8-10-20(30-3)11-9-18/h5-11,14H,12-13,15-16H2,1-4H3,(H2,24,25,26). The number of aliphatic imine (C=N–C) groups is 1. The van der Waals surface area contributed by atoms with Crippen LogP contribution < -0.4 is 20.1 Å². The van der Waals surface area contributed by atoms with Crippen molar-refractivity contribution in [2.24, 2.45) is 12.0 Å². The number of ether oxygens (including phenoxy) is 2. The Morgan fingerprint density at radius 1 is 0.968 bits per heavy atom. The number of benzene rings is 2. The molecule has 0 spiro atoms. The highest BCUT2D eigenvalue weighted by atomic mass is 16.5. The van der Waals surface area contributed by atoms with Crippen LogP contribution in [0.3, 0.4) is 0 Å². The SMILES string of the molecule is COc1ccc(CCNC(=NCc2cccc(OC)c2)NCc2nnc(C)n2C)cc1. The third kappa shape index (κ3) is 6.47. The van der Waals surface area contributed by atoms with Crippen LogP contribution in [0.15, 0.2) is 53.5 Å². The van der Waals surface area contributed by atoms with Gasteiger partial charge in [-0.15, -0.1) is 10.2 Å². The number of hydrogen-bond donors (Lipinski definition) is 2. The molecule has 31 heavy (non-hydrogen) atoms. The fourth-order valence-electron chi connectivity index (χ4n) is 3.00. The van der Waals surface area contributed by atoms with Crippen LogP contribution in [-0.4, -0.2) is 41.5 Å². The number of nitrogens with one attached hydrogen (secondary N) is 2. The average Bonchev–Trinajstić information content (AvgIpc) is 3.13. The Hall–Kier alpha value is -3.55. The zero-order valence-corrected chi connectivity index (χ0v) is 18.6. The minimum absolute atomic E-state index is 0.532. The lowest BCUT2D eigenvalue weighted by atomic mass is 10.1. The van der Waals surface area contributed by atoms with Crippen LogP contribution in [0.5, 0.6) is 11.5 Å². The summed E-state index contributed by atoms with van der Waals surface area (Å²) in [5.41, 5.74) is 2.30.